The lowest BCUT2D eigenvalue weighted by Crippen LogP contribution is -2.27. The van der Waals surface area contributed by atoms with Crippen LogP contribution in [0.25, 0.3) is 10.8 Å². The molecule has 1 saturated heterocycles. The van der Waals surface area contributed by atoms with Gasteiger partial charge in [0.05, 0.1) is 11.4 Å². The van der Waals surface area contributed by atoms with Crippen molar-refractivity contribution in [2.24, 2.45) is 0 Å². The van der Waals surface area contributed by atoms with Gasteiger partial charge in [-0.15, -0.1) is 16.4 Å². The highest BCUT2D eigenvalue weighted by molar-refractivity contribution is 7.13. The van der Waals surface area contributed by atoms with E-state index in [9.17, 15) is 9.59 Å². The first-order valence-electron chi connectivity index (χ1n) is 8.21. The minimum absolute atomic E-state index is 0.0719. The van der Waals surface area contributed by atoms with E-state index in [1.807, 2.05) is 34.5 Å². The van der Waals surface area contributed by atoms with Gasteiger partial charge in [-0.3, -0.25) is 4.79 Å². The summed E-state index contributed by atoms with van der Waals surface area (Å²) >= 11 is 1.47. The average Bonchev–Trinajstić information content (AvgIpc) is 3.38. The molecular formula is C18H17N3O3S. The molecule has 3 aromatic rings. The molecule has 6 nitrogen and oxygen atoms in total. The Hall–Kier alpha value is -2.67. The molecule has 0 spiro atoms. The van der Waals surface area contributed by atoms with Gasteiger partial charge >= 0.3 is 5.76 Å². The zero-order valence-corrected chi connectivity index (χ0v) is 14.4. The standard InChI is InChI=1S/C18H17N3O3S/c22-17(20-9-1-2-10-20)14-7-5-13(6-8-14)12-21-18(23)24-16(19-21)15-4-3-11-25-15/h3-8,11H,1-2,9-10,12H2. The number of carbonyl (C=O) groups is 1. The third-order valence-corrected chi connectivity index (χ3v) is 5.12. The SMILES string of the molecule is O=C(c1ccc(Cn2nc(-c3cccs3)oc2=O)cc1)N1CCCC1. The van der Waals surface area contributed by atoms with Crippen LogP contribution < -0.4 is 5.76 Å². The summed E-state index contributed by atoms with van der Waals surface area (Å²) in [7, 11) is 0. The van der Waals surface area contributed by atoms with Crippen LogP contribution in [0, 0.1) is 0 Å². The van der Waals surface area contributed by atoms with Crippen LogP contribution in [0.15, 0.2) is 51.0 Å². The number of likely N-dealkylation sites (tertiary alicyclic amines) is 1. The molecule has 1 aromatic carbocycles. The normalized spacial score (nSPS) is 14.2. The van der Waals surface area contributed by atoms with E-state index in [1.54, 1.807) is 12.1 Å². The molecule has 3 heterocycles. The van der Waals surface area contributed by atoms with Gasteiger partial charge in [0.25, 0.3) is 11.8 Å². The van der Waals surface area contributed by atoms with Crippen LogP contribution in [-0.4, -0.2) is 33.7 Å². The Bertz CT molecular complexity index is 919. The van der Waals surface area contributed by atoms with Gasteiger partial charge in [0.1, 0.15) is 0 Å². The van der Waals surface area contributed by atoms with Crippen molar-refractivity contribution in [3.05, 3.63) is 63.5 Å². The number of nitrogens with zero attached hydrogens (tertiary/aromatic N) is 3. The zero-order valence-electron chi connectivity index (χ0n) is 13.6. The highest BCUT2D eigenvalue weighted by Crippen LogP contribution is 2.21. The molecule has 0 saturated carbocycles. The van der Waals surface area contributed by atoms with Gasteiger partial charge in [-0.2, -0.15) is 4.68 Å². The number of thiophene rings is 1. The van der Waals surface area contributed by atoms with Gasteiger partial charge in [-0.1, -0.05) is 18.2 Å². The number of amides is 1. The summed E-state index contributed by atoms with van der Waals surface area (Å²) < 4.78 is 6.50. The van der Waals surface area contributed by atoms with Gasteiger partial charge in [-0.05, 0) is 42.0 Å². The van der Waals surface area contributed by atoms with E-state index in [0.29, 0.717) is 18.0 Å². The molecule has 1 fully saturated rings. The lowest BCUT2D eigenvalue weighted by molar-refractivity contribution is 0.0793. The number of rotatable bonds is 4. The van der Waals surface area contributed by atoms with Gasteiger partial charge in [0.15, 0.2) is 0 Å². The highest BCUT2D eigenvalue weighted by Gasteiger charge is 2.19. The van der Waals surface area contributed by atoms with Crippen LogP contribution in [0.5, 0.6) is 0 Å². The number of hydrogen-bond acceptors (Lipinski definition) is 5. The van der Waals surface area contributed by atoms with Crippen molar-refractivity contribution >= 4 is 17.2 Å². The Labute approximate surface area is 148 Å². The monoisotopic (exact) mass is 355 g/mol. The molecule has 25 heavy (non-hydrogen) atoms. The molecule has 2 aromatic heterocycles. The van der Waals surface area contributed by atoms with Gasteiger partial charge < -0.3 is 9.32 Å². The lowest BCUT2D eigenvalue weighted by atomic mass is 10.1. The van der Waals surface area contributed by atoms with Crippen molar-refractivity contribution in [2.75, 3.05) is 13.1 Å². The second-order valence-electron chi connectivity index (χ2n) is 6.00. The molecular weight excluding hydrogens is 338 g/mol. The molecule has 1 aliphatic rings. The van der Waals surface area contributed by atoms with E-state index in [0.717, 1.165) is 36.4 Å². The summed E-state index contributed by atoms with van der Waals surface area (Å²) in [6.45, 7) is 1.98. The summed E-state index contributed by atoms with van der Waals surface area (Å²) in [5.41, 5.74) is 1.57. The maximum atomic E-state index is 12.3. The van der Waals surface area contributed by atoms with E-state index >= 15 is 0 Å². The summed E-state index contributed by atoms with van der Waals surface area (Å²) in [5, 5.41) is 6.15. The second kappa shape index (κ2) is 6.68. The molecule has 0 N–H and O–H groups in total. The minimum atomic E-state index is -0.486. The van der Waals surface area contributed by atoms with E-state index < -0.39 is 5.76 Å². The van der Waals surface area contributed by atoms with E-state index in [4.69, 9.17) is 4.42 Å². The fraction of sp³-hybridized carbons (Fsp3) is 0.278. The predicted molar refractivity (Wildman–Crippen MR) is 94.8 cm³/mol. The minimum Gasteiger partial charge on any atom is -0.387 e. The van der Waals surface area contributed by atoms with Crippen molar-refractivity contribution < 1.29 is 9.21 Å². The fourth-order valence-electron chi connectivity index (χ4n) is 2.93. The summed E-state index contributed by atoms with van der Waals surface area (Å²) in [6.07, 6.45) is 2.15. The molecule has 1 aliphatic heterocycles. The molecule has 1 amide bonds. The Balaban J connectivity index is 1.50. The lowest BCUT2D eigenvalue weighted by Gasteiger charge is -2.15. The molecule has 0 atom stereocenters. The summed E-state index contributed by atoms with van der Waals surface area (Å²) in [5.74, 6) is -0.0796. The van der Waals surface area contributed by atoms with Crippen LogP contribution in [-0.2, 0) is 6.54 Å². The van der Waals surface area contributed by atoms with Crippen molar-refractivity contribution in [1.82, 2.24) is 14.7 Å². The van der Waals surface area contributed by atoms with Crippen LogP contribution in [0.3, 0.4) is 0 Å². The predicted octanol–water partition coefficient (Wildman–Crippen LogP) is 2.85. The smallest absolute Gasteiger partial charge is 0.387 e. The van der Waals surface area contributed by atoms with Crippen molar-refractivity contribution in [3.63, 3.8) is 0 Å². The maximum absolute atomic E-state index is 12.3. The average molecular weight is 355 g/mol. The largest absolute Gasteiger partial charge is 0.437 e. The first kappa shape index (κ1) is 15.8. The molecule has 0 aliphatic carbocycles. The maximum Gasteiger partial charge on any atom is 0.437 e. The summed E-state index contributed by atoms with van der Waals surface area (Å²) in [6, 6.07) is 11.1. The molecule has 0 radical (unpaired) electrons. The molecule has 128 valence electrons. The van der Waals surface area contributed by atoms with E-state index in [1.165, 1.54) is 16.0 Å². The van der Waals surface area contributed by atoms with Crippen molar-refractivity contribution in [1.29, 1.82) is 0 Å². The molecule has 0 unspecified atom stereocenters. The first-order valence-corrected chi connectivity index (χ1v) is 9.09. The number of aromatic nitrogens is 2. The molecule has 7 heteroatoms. The van der Waals surface area contributed by atoms with Crippen molar-refractivity contribution in [3.8, 4) is 10.8 Å². The van der Waals surface area contributed by atoms with Gasteiger partial charge in [-0.25, -0.2) is 4.79 Å². The zero-order chi connectivity index (χ0) is 17.2. The third kappa shape index (κ3) is 3.28. The number of benzene rings is 1. The first-order chi connectivity index (χ1) is 12.2. The van der Waals surface area contributed by atoms with Gasteiger partial charge in [0, 0.05) is 18.7 Å². The van der Waals surface area contributed by atoms with Gasteiger partial charge in [0.2, 0.25) is 0 Å². The Morgan fingerprint density at radius 1 is 1.16 bits per heavy atom. The van der Waals surface area contributed by atoms with E-state index in [-0.39, 0.29) is 5.91 Å². The molecule has 4 rings (SSSR count). The fourth-order valence-corrected chi connectivity index (χ4v) is 3.58. The van der Waals surface area contributed by atoms with Crippen molar-refractivity contribution in [2.45, 2.75) is 19.4 Å². The Morgan fingerprint density at radius 3 is 2.60 bits per heavy atom. The van der Waals surface area contributed by atoms with Crippen LogP contribution in [0.4, 0.5) is 0 Å². The quantitative estimate of drug-likeness (QED) is 0.722. The Kier molecular flexibility index (Phi) is 4.23. The van der Waals surface area contributed by atoms with Crippen LogP contribution in [0.2, 0.25) is 0 Å². The topological polar surface area (TPSA) is 68.3 Å². The number of carbonyl (C=O) groups excluding carboxylic acids is 1. The van der Waals surface area contributed by atoms with Crippen LogP contribution >= 0.6 is 11.3 Å². The van der Waals surface area contributed by atoms with Crippen LogP contribution in [0.1, 0.15) is 28.8 Å². The van der Waals surface area contributed by atoms with E-state index in [2.05, 4.69) is 5.10 Å². The summed E-state index contributed by atoms with van der Waals surface area (Å²) in [4.78, 5) is 27.0. The third-order valence-electron chi connectivity index (χ3n) is 4.26. The second-order valence-corrected chi connectivity index (χ2v) is 6.95. The molecule has 0 bridgehead atoms. The number of hydrogen-bond donors (Lipinski definition) is 0. The Morgan fingerprint density at radius 2 is 1.92 bits per heavy atom. The highest BCUT2D eigenvalue weighted by atomic mass is 32.1.